The molecule has 0 aromatic heterocycles. The molecule has 0 fully saturated rings. The van der Waals surface area contributed by atoms with Crippen LogP contribution in [0.2, 0.25) is 0 Å². The number of hydrogen-bond acceptors (Lipinski definition) is 4. The van der Waals surface area contributed by atoms with Gasteiger partial charge in [0.25, 0.3) is 0 Å². The predicted molar refractivity (Wildman–Crippen MR) is 33.4 cm³/mol. The largest absolute Gasteiger partial charge is 0.447 e. The van der Waals surface area contributed by atoms with Gasteiger partial charge in [0.2, 0.25) is 0 Å². The van der Waals surface area contributed by atoms with Crippen molar-refractivity contribution in [2.75, 3.05) is 20.3 Å². The van der Waals surface area contributed by atoms with Crippen molar-refractivity contribution in [2.45, 2.75) is 6.10 Å². The van der Waals surface area contributed by atoms with Crippen molar-refractivity contribution >= 4 is 6.09 Å². The maximum atomic E-state index is 10.00. The van der Waals surface area contributed by atoms with Gasteiger partial charge in [0.15, 0.2) is 0 Å². The van der Waals surface area contributed by atoms with E-state index in [1.807, 2.05) is 0 Å². The molecule has 0 heterocycles. The maximum absolute atomic E-state index is 10.00. The number of ether oxygens (including phenoxy) is 2. The van der Waals surface area contributed by atoms with Crippen molar-refractivity contribution in [1.29, 1.82) is 0 Å². The van der Waals surface area contributed by atoms with E-state index in [0.717, 1.165) is 0 Å². The van der Waals surface area contributed by atoms with Gasteiger partial charge < -0.3 is 20.3 Å². The Kier molecular flexibility index (Phi) is 4.61. The predicted octanol–water partition coefficient (Wildman–Crippen LogP) is -0.911. The molecule has 0 aromatic carbocycles. The normalized spacial score (nSPS) is 12.6. The summed E-state index contributed by atoms with van der Waals surface area (Å²) in [5.41, 5.74) is 4.65. The smallest absolute Gasteiger partial charge is 0.404 e. The van der Waals surface area contributed by atoms with Crippen LogP contribution in [0, 0.1) is 0 Å². The van der Waals surface area contributed by atoms with Crippen LogP contribution < -0.4 is 5.73 Å². The van der Waals surface area contributed by atoms with E-state index < -0.39 is 12.2 Å². The topological polar surface area (TPSA) is 81.8 Å². The van der Waals surface area contributed by atoms with E-state index >= 15 is 0 Å². The molecule has 0 aliphatic carbocycles. The molecule has 5 heteroatoms. The summed E-state index contributed by atoms with van der Waals surface area (Å²) in [6, 6.07) is 0. The molecular formula is C5H11NO4. The van der Waals surface area contributed by atoms with E-state index in [4.69, 9.17) is 5.11 Å². The second-order valence-electron chi connectivity index (χ2n) is 1.67. The molecule has 0 radical (unpaired) electrons. The lowest BCUT2D eigenvalue weighted by atomic mass is 10.4. The van der Waals surface area contributed by atoms with E-state index in [1.54, 1.807) is 0 Å². The first-order chi connectivity index (χ1) is 4.70. The molecule has 0 unspecified atom stereocenters. The van der Waals surface area contributed by atoms with Gasteiger partial charge in [-0.25, -0.2) is 4.79 Å². The van der Waals surface area contributed by atoms with E-state index in [9.17, 15) is 4.79 Å². The second kappa shape index (κ2) is 5.01. The van der Waals surface area contributed by atoms with Crippen LogP contribution in [0.4, 0.5) is 4.79 Å². The average molecular weight is 149 g/mol. The lowest BCUT2D eigenvalue weighted by Gasteiger charge is -2.10. The summed E-state index contributed by atoms with van der Waals surface area (Å²) in [6.45, 7) is -0.202. The lowest BCUT2D eigenvalue weighted by molar-refractivity contribution is 0.00357. The minimum atomic E-state index is -0.865. The molecule has 0 aromatic rings. The highest BCUT2D eigenvalue weighted by Crippen LogP contribution is 1.88. The van der Waals surface area contributed by atoms with Crippen LogP contribution >= 0.6 is 0 Å². The Morgan fingerprint density at radius 3 is 2.70 bits per heavy atom. The van der Waals surface area contributed by atoms with E-state index in [1.165, 1.54) is 7.11 Å². The Morgan fingerprint density at radius 2 is 2.40 bits per heavy atom. The Labute approximate surface area is 58.7 Å². The van der Waals surface area contributed by atoms with Crippen LogP contribution in [0.1, 0.15) is 0 Å². The Morgan fingerprint density at radius 1 is 1.80 bits per heavy atom. The van der Waals surface area contributed by atoms with Crippen LogP contribution in [0.15, 0.2) is 0 Å². The molecule has 3 N–H and O–H groups in total. The summed E-state index contributed by atoms with van der Waals surface area (Å²) in [7, 11) is 1.41. The second-order valence-corrected chi connectivity index (χ2v) is 1.67. The number of amides is 1. The zero-order chi connectivity index (χ0) is 7.98. The fraction of sp³-hybridized carbons (Fsp3) is 0.800. The number of aliphatic hydroxyl groups excluding tert-OH is 1. The number of methoxy groups -OCH3 is 1. The van der Waals surface area contributed by atoms with Crippen LogP contribution in [0.3, 0.4) is 0 Å². The van der Waals surface area contributed by atoms with Gasteiger partial charge in [-0.15, -0.1) is 0 Å². The zero-order valence-electron chi connectivity index (χ0n) is 5.74. The molecule has 0 spiro atoms. The minimum Gasteiger partial charge on any atom is -0.447 e. The summed E-state index contributed by atoms with van der Waals surface area (Å²) >= 11 is 0. The SMILES string of the molecule is CO[C@@H](CO)COC(N)=O. The number of hydrogen-bond donors (Lipinski definition) is 2. The maximum Gasteiger partial charge on any atom is 0.404 e. The Hall–Kier alpha value is -0.810. The van der Waals surface area contributed by atoms with Crippen molar-refractivity contribution in [3.8, 4) is 0 Å². The molecule has 60 valence electrons. The van der Waals surface area contributed by atoms with Gasteiger partial charge in [0.1, 0.15) is 12.7 Å². The molecule has 0 bridgehead atoms. The molecule has 10 heavy (non-hydrogen) atoms. The molecule has 5 nitrogen and oxygen atoms in total. The van der Waals surface area contributed by atoms with Gasteiger partial charge in [0, 0.05) is 7.11 Å². The molecule has 0 aliphatic rings. The standard InChI is InChI=1S/C5H11NO4/c1-9-4(2-7)3-10-5(6)8/h4,7H,2-3H2,1H3,(H2,6,8)/t4-/m0/s1. The van der Waals surface area contributed by atoms with Crippen LogP contribution in [0.25, 0.3) is 0 Å². The zero-order valence-corrected chi connectivity index (χ0v) is 5.74. The third kappa shape index (κ3) is 4.11. The van der Waals surface area contributed by atoms with Gasteiger partial charge in [0.05, 0.1) is 6.61 Å². The van der Waals surface area contributed by atoms with Crippen LogP contribution in [-0.4, -0.2) is 37.6 Å². The third-order valence-electron chi connectivity index (χ3n) is 0.948. The number of aliphatic hydroxyl groups is 1. The number of carbonyl (C=O) groups is 1. The Bertz CT molecular complexity index is 102. The lowest BCUT2D eigenvalue weighted by Crippen LogP contribution is -2.26. The number of nitrogens with two attached hydrogens (primary N) is 1. The highest BCUT2D eigenvalue weighted by molar-refractivity contribution is 5.64. The van der Waals surface area contributed by atoms with E-state index in [-0.39, 0.29) is 13.2 Å². The summed E-state index contributed by atoms with van der Waals surface area (Å²) in [5.74, 6) is 0. The summed E-state index contributed by atoms with van der Waals surface area (Å²) in [5, 5.41) is 8.48. The fourth-order valence-electron chi connectivity index (χ4n) is 0.370. The molecule has 1 atom stereocenters. The van der Waals surface area contributed by atoms with Crippen LogP contribution in [-0.2, 0) is 9.47 Å². The van der Waals surface area contributed by atoms with Gasteiger partial charge in [-0.05, 0) is 0 Å². The summed E-state index contributed by atoms with van der Waals surface area (Å²) in [6.07, 6.45) is -1.34. The van der Waals surface area contributed by atoms with Crippen LogP contribution in [0.5, 0.6) is 0 Å². The van der Waals surface area contributed by atoms with Gasteiger partial charge in [-0.3, -0.25) is 0 Å². The minimum absolute atomic E-state index is 0.0116. The number of primary amides is 1. The highest BCUT2D eigenvalue weighted by atomic mass is 16.6. The first kappa shape index (κ1) is 9.19. The monoisotopic (exact) mass is 149 g/mol. The first-order valence-corrected chi connectivity index (χ1v) is 2.76. The van der Waals surface area contributed by atoms with Gasteiger partial charge >= 0.3 is 6.09 Å². The third-order valence-corrected chi connectivity index (χ3v) is 0.948. The van der Waals surface area contributed by atoms with Crippen molar-refractivity contribution in [3.05, 3.63) is 0 Å². The van der Waals surface area contributed by atoms with Gasteiger partial charge in [-0.2, -0.15) is 0 Å². The van der Waals surface area contributed by atoms with Crippen molar-refractivity contribution in [2.24, 2.45) is 5.73 Å². The molecule has 1 amide bonds. The molecule has 0 aliphatic heterocycles. The molecule has 0 saturated heterocycles. The Balaban J connectivity index is 3.34. The van der Waals surface area contributed by atoms with Crippen molar-refractivity contribution in [1.82, 2.24) is 0 Å². The van der Waals surface area contributed by atoms with E-state index in [2.05, 4.69) is 15.2 Å². The molecule has 0 saturated carbocycles. The molecule has 0 rings (SSSR count). The molecular weight excluding hydrogens is 138 g/mol. The van der Waals surface area contributed by atoms with Crippen molar-refractivity contribution in [3.63, 3.8) is 0 Å². The summed E-state index contributed by atoms with van der Waals surface area (Å²) in [4.78, 5) is 10.00. The quantitative estimate of drug-likeness (QED) is 0.542. The fourth-order valence-corrected chi connectivity index (χ4v) is 0.370. The summed E-state index contributed by atoms with van der Waals surface area (Å²) < 4.78 is 9.01. The van der Waals surface area contributed by atoms with Crippen molar-refractivity contribution < 1.29 is 19.4 Å². The highest BCUT2D eigenvalue weighted by Gasteiger charge is 2.06. The van der Waals surface area contributed by atoms with Gasteiger partial charge in [-0.1, -0.05) is 0 Å². The van der Waals surface area contributed by atoms with E-state index in [0.29, 0.717) is 0 Å². The average Bonchev–Trinajstić information content (AvgIpc) is 1.90. The number of rotatable bonds is 4. The first-order valence-electron chi connectivity index (χ1n) is 2.76. The number of carbonyl (C=O) groups excluding carboxylic acids is 1.